The number of hydrogen-bond donors (Lipinski definition) is 2. The number of halogens is 4. The fraction of sp³-hybridized carbons (Fsp3) is 0.143. The monoisotopic (exact) mass is 508 g/mol. The predicted molar refractivity (Wildman–Crippen MR) is 116 cm³/mol. The summed E-state index contributed by atoms with van der Waals surface area (Å²) in [6.45, 7) is -0.993. The van der Waals surface area contributed by atoms with E-state index in [9.17, 15) is 13.9 Å². The van der Waals surface area contributed by atoms with Crippen LogP contribution in [0.1, 0.15) is 0 Å². The number of nitrogens with zero attached hydrogens (tertiary/aromatic N) is 1. The summed E-state index contributed by atoms with van der Waals surface area (Å²) in [5.74, 6) is -2.96. The number of phenolic OH excluding ortho intramolecular Hbond substituents is 1. The van der Waals surface area contributed by atoms with Crippen LogP contribution in [-0.2, 0) is 6.54 Å². The second-order valence-electron chi connectivity index (χ2n) is 6.67. The maximum absolute atomic E-state index is 14.8. The van der Waals surface area contributed by atoms with Gasteiger partial charge < -0.3 is 15.0 Å². The summed E-state index contributed by atoms with van der Waals surface area (Å²) in [6.07, 6.45) is 0. The highest BCUT2D eigenvalue weighted by molar-refractivity contribution is 9.10. The summed E-state index contributed by atoms with van der Waals surface area (Å²) in [6, 6.07) is 17.5. The van der Waals surface area contributed by atoms with E-state index in [1.165, 1.54) is 12.1 Å². The third-order valence-electron chi connectivity index (χ3n) is 4.58. The maximum Gasteiger partial charge on any atom is 0.282 e. The van der Waals surface area contributed by atoms with Gasteiger partial charge in [-0.15, -0.1) is 0 Å². The number of rotatable bonds is 5. The Bertz CT molecular complexity index is 1110. The number of alkyl halides is 2. The van der Waals surface area contributed by atoms with Crippen LogP contribution in [0, 0.1) is 0 Å². The first-order chi connectivity index (χ1) is 13.3. The first-order valence-electron chi connectivity index (χ1n) is 8.60. The van der Waals surface area contributed by atoms with Crippen LogP contribution in [-0.4, -0.2) is 22.1 Å². The van der Waals surface area contributed by atoms with Gasteiger partial charge in [-0.25, -0.2) is 8.78 Å². The quantitative estimate of drug-likeness (QED) is 0.311. The Morgan fingerprint density at radius 3 is 2.07 bits per heavy atom. The highest BCUT2D eigenvalue weighted by Crippen LogP contribution is 2.34. The molecule has 0 aliphatic heterocycles. The van der Waals surface area contributed by atoms with Gasteiger partial charge in [0.05, 0.1) is 13.1 Å². The van der Waals surface area contributed by atoms with Gasteiger partial charge in [0, 0.05) is 42.5 Å². The van der Waals surface area contributed by atoms with Crippen LogP contribution in [0.4, 0.5) is 14.5 Å². The van der Waals surface area contributed by atoms with Gasteiger partial charge in [-0.3, -0.25) is 0 Å². The Morgan fingerprint density at radius 2 is 1.50 bits per heavy atom. The number of benzene rings is 3. The van der Waals surface area contributed by atoms with Crippen molar-refractivity contribution >= 4 is 59.4 Å². The molecular formula is C21H16Br2F2N2O. The minimum Gasteiger partial charge on any atom is -0.508 e. The molecule has 1 heterocycles. The second kappa shape index (κ2) is 7.37. The molecule has 4 rings (SSSR count). The summed E-state index contributed by atoms with van der Waals surface area (Å²) >= 11 is 6.93. The van der Waals surface area contributed by atoms with E-state index in [1.54, 1.807) is 16.7 Å². The minimum absolute atomic E-state index is 0.0341. The van der Waals surface area contributed by atoms with Crippen LogP contribution in [0.25, 0.3) is 21.8 Å². The van der Waals surface area contributed by atoms with Crippen molar-refractivity contribution in [1.82, 2.24) is 4.57 Å². The summed E-state index contributed by atoms with van der Waals surface area (Å²) in [5.41, 5.74) is 1.97. The smallest absolute Gasteiger partial charge is 0.282 e. The molecule has 0 saturated carbocycles. The van der Waals surface area contributed by atoms with Crippen molar-refractivity contribution in [3.05, 3.63) is 69.6 Å². The van der Waals surface area contributed by atoms with E-state index in [4.69, 9.17) is 0 Å². The molecule has 0 atom stereocenters. The fourth-order valence-corrected chi connectivity index (χ4v) is 4.08. The van der Waals surface area contributed by atoms with Crippen molar-refractivity contribution in [2.45, 2.75) is 12.5 Å². The summed E-state index contributed by atoms with van der Waals surface area (Å²) in [4.78, 5) is 0. The molecule has 1 aromatic heterocycles. The highest BCUT2D eigenvalue weighted by atomic mass is 79.9. The van der Waals surface area contributed by atoms with E-state index in [1.807, 2.05) is 36.4 Å². The normalized spacial score (nSPS) is 12.0. The molecule has 144 valence electrons. The molecule has 0 amide bonds. The second-order valence-corrected chi connectivity index (χ2v) is 8.50. The van der Waals surface area contributed by atoms with Gasteiger partial charge in [0.25, 0.3) is 5.92 Å². The molecule has 7 heteroatoms. The van der Waals surface area contributed by atoms with Crippen LogP contribution < -0.4 is 5.32 Å². The molecule has 0 spiro atoms. The van der Waals surface area contributed by atoms with Gasteiger partial charge in [0.2, 0.25) is 0 Å². The van der Waals surface area contributed by atoms with Crippen molar-refractivity contribution in [2.75, 3.05) is 11.9 Å². The van der Waals surface area contributed by atoms with Crippen molar-refractivity contribution < 1.29 is 13.9 Å². The highest BCUT2D eigenvalue weighted by Gasteiger charge is 2.31. The molecule has 3 aromatic carbocycles. The topological polar surface area (TPSA) is 37.2 Å². The molecule has 0 bridgehead atoms. The zero-order valence-electron chi connectivity index (χ0n) is 14.6. The van der Waals surface area contributed by atoms with E-state index < -0.39 is 19.0 Å². The van der Waals surface area contributed by atoms with Gasteiger partial charge in [0.15, 0.2) is 0 Å². The van der Waals surface area contributed by atoms with Crippen molar-refractivity contribution in [2.24, 2.45) is 0 Å². The average molecular weight is 510 g/mol. The number of nitrogens with one attached hydrogen (secondary N) is 1. The van der Waals surface area contributed by atoms with E-state index >= 15 is 0 Å². The first-order valence-corrected chi connectivity index (χ1v) is 10.2. The van der Waals surface area contributed by atoms with Gasteiger partial charge in [-0.2, -0.15) is 0 Å². The Morgan fingerprint density at radius 1 is 0.893 bits per heavy atom. The largest absolute Gasteiger partial charge is 0.508 e. The number of aromatic hydroxyl groups is 1. The lowest BCUT2D eigenvalue weighted by atomic mass is 10.2. The Kier molecular flexibility index (Phi) is 5.05. The van der Waals surface area contributed by atoms with Crippen molar-refractivity contribution in [3.63, 3.8) is 0 Å². The molecular weight excluding hydrogens is 494 g/mol. The van der Waals surface area contributed by atoms with Crippen LogP contribution in [0.15, 0.2) is 69.6 Å². The SMILES string of the molecule is Oc1cccc(NCC(F)(F)Cn2c3ccc(Br)cc3c3cc(Br)ccc32)c1. The molecule has 0 fully saturated rings. The molecule has 0 aliphatic carbocycles. The number of aromatic nitrogens is 1. The minimum atomic E-state index is -3.00. The molecule has 3 nitrogen and oxygen atoms in total. The first kappa shape index (κ1) is 19.2. The maximum atomic E-state index is 14.8. The summed E-state index contributed by atoms with van der Waals surface area (Å²) in [7, 11) is 0. The molecule has 4 aromatic rings. The number of fused-ring (bicyclic) bond motifs is 3. The third-order valence-corrected chi connectivity index (χ3v) is 5.56. The summed E-state index contributed by atoms with van der Waals surface area (Å²) < 4.78 is 33.1. The Hall–Kier alpha value is -2.12. The molecule has 0 radical (unpaired) electrons. The standard InChI is InChI=1S/C21H16Br2F2N2O/c22-13-4-6-19-17(8-13)18-9-14(23)5-7-20(18)27(19)12-21(24,25)11-26-15-2-1-3-16(28)10-15/h1-10,26,28H,11-12H2. The van der Waals surface area contributed by atoms with Crippen molar-refractivity contribution in [3.8, 4) is 5.75 Å². The zero-order valence-corrected chi connectivity index (χ0v) is 17.8. The fourth-order valence-electron chi connectivity index (χ4n) is 3.35. The van der Waals surface area contributed by atoms with Crippen LogP contribution in [0.5, 0.6) is 5.75 Å². The van der Waals surface area contributed by atoms with Gasteiger partial charge in [0.1, 0.15) is 5.75 Å². The molecule has 0 unspecified atom stereocenters. The van der Waals surface area contributed by atoms with Crippen LogP contribution in [0.2, 0.25) is 0 Å². The zero-order chi connectivity index (χ0) is 19.9. The number of hydrogen-bond acceptors (Lipinski definition) is 2. The van der Waals surface area contributed by atoms with E-state index in [2.05, 4.69) is 37.2 Å². The van der Waals surface area contributed by atoms with Crippen LogP contribution in [0.3, 0.4) is 0 Å². The Balaban J connectivity index is 1.69. The van der Waals surface area contributed by atoms with E-state index in [0.29, 0.717) is 5.69 Å². The summed E-state index contributed by atoms with van der Waals surface area (Å²) in [5, 5.41) is 14.0. The van der Waals surface area contributed by atoms with Gasteiger partial charge in [-0.05, 0) is 48.5 Å². The number of phenols is 1. The molecule has 0 aliphatic rings. The van der Waals surface area contributed by atoms with Gasteiger partial charge in [-0.1, -0.05) is 37.9 Å². The number of anilines is 1. The lowest BCUT2D eigenvalue weighted by Gasteiger charge is -2.20. The molecule has 28 heavy (non-hydrogen) atoms. The third kappa shape index (κ3) is 3.86. The predicted octanol–water partition coefficient (Wildman–Crippen LogP) is 6.77. The van der Waals surface area contributed by atoms with E-state index in [0.717, 1.165) is 30.8 Å². The van der Waals surface area contributed by atoms with Crippen molar-refractivity contribution in [1.29, 1.82) is 0 Å². The van der Waals surface area contributed by atoms with Crippen LogP contribution >= 0.6 is 31.9 Å². The van der Waals surface area contributed by atoms with E-state index in [-0.39, 0.29) is 5.75 Å². The lowest BCUT2D eigenvalue weighted by molar-refractivity contribution is -0.000160. The lowest BCUT2D eigenvalue weighted by Crippen LogP contribution is -2.32. The molecule has 2 N–H and O–H groups in total. The average Bonchev–Trinajstić information content (AvgIpc) is 2.92. The van der Waals surface area contributed by atoms with Gasteiger partial charge >= 0.3 is 0 Å². The Labute approximate surface area is 177 Å². The molecule has 0 saturated heterocycles.